The van der Waals surface area contributed by atoms with E-state index in [1.165, 1.54) is 0 Å². The molecule has 1 aromatic carbocycles. The molecule has 0 spiro atoms. The summed E-state index contributed by atoms with van der Waals surface area (Å²) in [5.74, 6) is -0.0741. The molecule has 1 fully saturated rings. The minimum absolute atomic E-state index is 0.0741. The molecule has 1 aliphatic rings. The Labute approximate surface area is 116 Å². The van der Waals surface area contributed by atoms with Crippen LogP contribution in [0.15, 0.2) is 30.3 Å². The third kappa shape index (κ3) is 2.28. The molecule has 1 aliphatic heterocycles. The monoisotopic (exact) mass is 270 g/mol. The molecule has 5 heteroatoms. The number of pyridine rings is 1. The predicted molar refractivity (Wildman–Crippen MR) is 73.9 cm³/mol. The van der Waals surface area contributed by atoms with Gasteiger partial charge in [-0.25, -0.2) is 4.98 Å². The first-order chi connectivity index (χ1) is 9.79. The van der Waals surface area contributed by atoms with Crippen LogP contribution in [0.2, 0.25) is 0 Å². The number of carbonyl (C=O) groups is 2. The molecular weight excluding hydrogens is 256 g/mol. The van der Waals surface area contributed by atoms with Crippen LogP contribution in [0.1, 0.15) is 20.8 Å². The van der Waals surface area contributed by atoms with Crippen molar-refractivity contribution in [2.45, 2.75) is 0 Å². The third-order valence-electron chi connectivity index (χ3n) is 3.39. The highest BCUT2D eigenvalue weighted by molar-refractivity contribution is 6.07. The minimum atomic E-state index is -0.0741. The quantitative estimate of drug-likeness (QED) is 0.776. The Kier molecular flexibility index (Phi) is 3.43. The Morgan fingerprint density at radius 1 is 1.25 bits per heavy atom. The number of carbonyl (C=O) groups excluding carboxylic acids is 2. The van der Waals surface area contributed by atoms with E-state index in [0.29, 0.717) is 43.7 Å². The largest absolute Gasteiger partial charge is 0.378 e. The van der Waals surface area contributed by atoms with Crippen LogP contribution in [-0.2, 0) is 4.74 Å². The Morgan fingerprint density at radius 3 is 2.75 bits per heavy atom. The van der Waals surface area contributed by atoms with Crippen LogP contribution < -0.4 is 0 Å². The van der Waals surface area contributed by atoms with Crippen LogP contribution in [0, 0.1) is 0 Å². The lowest BCUT2D eigenvalue weighted by Gasteiger charge is -2.27. The first-order valence-electron chi connectivity index (χ1n) is 6.51. The second kappa shape index (κ2) is 5.38. The topological polar surface area (TPSA) is 59.5 Å². The smallest absolute Gasteiger partial charge is 0.254 e. The molecule has 3 rings (SSSR count). The van der Waals surface area contributed by atoms with E-state index in [2.05, 4.69) is 4.98 Å². The number of amides is 1. The predicted octanol–water partition coefficient (Wildman–Crippen LogP) is 1.52. The summed E-state index contributed by atoms with van der Waals surface area (Å²) in [7, 11) is 0. The number of aldehydes is 1. The molecule has 0 atom stereocenters. The highest BCUT2D eigenvalue weighted by Gasteiger charge is 2.21. The first kappa shape index (κ1) is 12.7. The number of fused-ring (bicyclic) bond motifs is 1. The molecule has 0 bridgehead atoms. The number of para-hydroxylation sites is 1. The van der Waals surface area contributed by atoms with Gasteiger partial charge >= 0.3 is 0 Å². The summed E-state index contributed by atoms with van der Waals surface area (Å²) >= 11 is 0. The average molecular weight is 270 g/mol. The van der Waals surface area contributed by atoms with Gasteiger partial charge in [0.05, 0.1) is 24.3 Å². The highest BCUT2D eigenvalue weighted by atomic mass is 16.5. The van der Waals surface area contributed by atoms with E-state index in [4.69, 9.17) is 4.74 Å². The summed E-state index contributed by atoms with van der Waals surface area (Å²) in [6, 6.07) is 8.92. The number of morpholine rings is 1. The zero-order chi connectivity index (χ0) is 13.9. The molecule has 0 N–H and O–H groups in total. The van der Waals surface area contributed by atoms with Gasteiger partial charge in [0.1, 0.15) is 5.69 Å². The second-order valence-corrected chi connectivity index (χ2v) is 4.63. The molecule has 1 aromatic heterocycles. The van der Waals surface area contributed by atoms with E-state index < -0.39 is 0 Å². The lowest BCUT2D eigenvalue weighted by Crippen LogP contribution is -2.40. The zero-order valence-electron chi connectivity index (χ0n) is 10.9. The molecule has 0 aliphatic carbocycles. The fourth-order valence-corrected chi connectivity index (χ4v) is 2.37. The third-order valence-corrected chi connectivity index (χ3v) is 3.39. The maximum Gasteiger partial charge on any atom is 0.254 e. The van der Waals surface area contributed by atoms with Gasteiger partial charge in [0.15, 0.2) is 6.29 Å². The fraction of sp³-hybridized carbons (Fsp3) is 0.267. The van der Waals surface area contributed by atoms with Crippen molar-refractivity contribution in [2.75, 3.05) is 26.3 Å². The molecule has 2 aromatic rings. The van der Waals surface area contributed by atoms with Gasteiger partial charge in [0.2, 0.25) is 0 Å². The maximum absolute atomic E-state index is 12.6. The van der Waals surface area contributed by atoms with E-state index in [0.717, 1.165) is 5.39 Å². The van der Waals surface area contributed by atoms with Gasteiger partial charge in [-0.05, 0) is 12.1 Å². The molecule has 0 unspecified atom stereocenters. The van der Waals surface area contributed by atoms with Crippen molar-refractivity contribution in [1.29, 1.82) is 0 Å². The van der Waals surface area contributed by atoms with Gasteiger partial charge < -0.3 is 9.64 Å². The van der Waals surface area contributed by atoms with Gasteiger partial charge in [-0.2, -0.15) is 0 Å². The van der Waals surface area contributed by atoms with Gasteiger partial charge in [-0.1, -0.05) is 18.2 Å². The lowest BCUT2D eigenvalue weighted by molar-refractivity contribution is 0.0304. The van der Waals surface area contributed by atoms with Crippen molar-refractivity contribution in [1.82, 2.24) is 9.88 Å². The van der Waals surface area contributed by atoms with Crippen molar-refractivity contribution in [3.05, 3.63) is 41.6 Å². The molecule has 20 heavy (non-hydrogen) atoms. The summed E-state index contributed by atoms with van der Waals surface area (Å²) in [5.41, 5.74) is 1.47. The molecule has 2 heterocycles. The van der Waals surface area contributed by atoms with Crippen molar-refractivity contribution < 1.29 is 14.3 Å². The van der Waals surface area contributed by atoms with Crippen molar-refractivity contribution in [2.24, 2.45) is 0 Å². The summed E-state index contributed by atoms with van der Waals surface area (Å²) < 4.78 is 5.26. The van der Waals surface area contributed by atoms with E-state index in [-0.39, 0.29) is 11.6 Å². The van der Waals surface area contributed by atoms with Gasteiger partial charge in [-0.3, -0.25) is 9.59 Å². The van der Waals surface area contributed by atoms with Crippen molar-refractivity contribution in [3.8, 4) is 0 Å². The number of rotatable bonds is 2. The standard InChI is InChI=1S/C15H14N2O3/c18-10-11-9-13(12-3-1-2-4-14(12)16-11)15(19)17-5-7-20-8-6-17/h1-4,9-10H,5-8H2. The van der Waals surface area contributed by atoms with Crippen molar-refractivity contribution >= 4 is 23.1 Å². The molecule has 5 nitrogen and oxygen atoms in total. The van der Waals surface area contributed by atoms with Crippen LogP contribution >= 0.6 is 0 Å². The number of benzene rings is 1. The van der Waals surface area contributed by atoms with Crippen LogP contribution in [-0.4, -0.2) is 48.4 Å². The molecular formula is C15H14N2O3. The van der Waals surface area contributed by atoms with Crippen LogP contribution in [0.4, 0.5) is 0 Å². The molecule has 1 amide bonds. The van der Waals surface area contributed by atoms with Gasteiger partial charge in [-0.15, -0.1) is 0 Å². The summed E-state index contributed by atoms with van der Waals surface area (Å²) in [6.07, 6.45) is 0.669. The van der Waals surface area contributed by atoms with Crippen molar-refractivity contribution in [3.63, 3.8) is 0 Å². The normalized spacial score (nSPS) is 15.3. The molecule has 0 saturated carbocycles. The number of aromatic nitrogens is 1. The Morgan fingerprint density at radius 2 is 2.00 bits per heavy atom. The molecule has 1 saturated heterocycles. The first-order valence-corrected chi connectivity index (χ1v) is 6.51. The Hall–Kier alpha value is -2.27. The number of hydrogen-bond donors (Lipinski definition) is 0. The average Bonchev–Trinajstić information content (AvgIpc) is 2.54. The second-order valence-electron chi connectivity index (χ2n) is 4.63. The van der Waals surface area contributed by atoms with E-state index in [1.807, 2.05) is 18.2 Å². The summed E-state index contributed by atoms with van der Waals surface area (Å²) in [6.45, 7) is 2.25. The SMILES string of the molecule is O=Cc1cc(C(=O)N2CCOCC2)c2ccccc2n1. The Balaban J connectivity index is 2.08. The van der Waals surface area contributed by atoms with E-state index in [1.54, 1.807) is 17.0 Å². The van der Waals surface area contributed by atoms with E-state index >= 15 is 0 Å². The maximum atomic E-state index is 12.6. The molecule has 0 radical (unpaired) electrons. The summed E-state index contributed by atoms with van der Waals surface area (Å²) in [4.78, 5) is 29.6. The van der Waals surface area contributed by atoms with Crippen LogP contribution in [0.5, 0.6) is 0 Å². The van der Waals surface area contributed by atoms with Gasteiger partial charge in [0.25, 0.3) is 5.91 Å². The zero-order valence-corrected chi connectivity index (χ0v) is 10.9. The Bertz CT molecular complexity index is 663. The van der Waals surface area contributed by atoms with Crippen LogP contribution in [0.25, 0.3) is 10.9 Å². The van der Waals surface area contributed by atoms with E-state index in [9.17, 15) is 9.59 Å². The van der Waals surface area contributed by atoms with Gasteiger partial charge in [0, 0.05) is 18.5 Å². The summed E-state index contributed by atoms with van der Waals surface area (Å²) in [5, 5.41) is 0.773. The minimum Gasteiger partial charge on any atom is -0.378 e. The fourth-order valence-electron chi connectivity index (χ4n) is 2.37. The lowest BCUT2D eigenvalue weighted by atomic mass is 10.1. The van der Waals surface area contributed by atoms with Crippen LogP contribution in [0.3, 0.4) is 0 Å². The number of ether oxygens (including phenoxy) is 1. The number of hydrogen-bond acceptors (Lipinski definition) is 4. The number of nitrogens with zero attached hydrogens (tertiary/aromatic N) is 2. The highest BCUT2D eigenvalue weighted by Crippen LogP contribution is 2.20. The molecule has 102 valence electrons.